The zero-order valence-corrected chi connectivity index (χ0v) is 14.8. The second-order valence-electron chi connectivity index (χ2n) is 5.58. The normalized spacial score (nSPS) is 10.0. The van der Waals surface area contributed by atoms with Gasteiger partial charge in [-0.3, -0.25) is 9.59 Å². The first-order valence-electron chi connectivity index (χ1n) is 8.28. The molecule has 142 valence electrons. The maximum atomic E-state index is 12.2. The van der Waals surface area contributed by atoms with E-state index in [1.807, 2.05) is 0 Å². The van der Waals surface area contributed by atoms with E-state index in [1.54, 1.807) is 48.5 Å². The second-order valence-corrected chi connectivity index (χ2v) is 5.58. The second kappa shape index (κ2) is 9.93. The van der Waals surface area contributed by atoms with Gasteiger partial charge in [-0.2, -0.15) is 0 Å². The van der Waals surface area contributed by atoms with Crippen molar-refractivity contribution in [1.82, 2.24) is 0 Å². The van der Waals surface area contributed by atoms with Crippen molar-refractivity contribution in [1.29, 1.82) is 0 Å². The SMILES string of the molecule is CC(=O)Nc1cccc(NC(=O)COC(=O)c2ccccc2NCCO)c1. The van der Waals surface area contributed by atoms with E-state index in [9.17, 15) is 14.4 Å². The number of ether oxygens (including phenoxy) is 1. The number of hydrogen-bond donors (Lipinski definition) is 4. The Labute approximate surface area is 156 Å². The number of amides is 2. The quantitative estimate of drug-likeness (QED) is 0.526. The number of hydrogen-bond acceptors (Lipinski definition) is 6. The minimum absolute atomic E-state index is 0.0800. The summed E-state index contributed by atoms with van der Waals surface area (Å²) < 4.78 is 5.05. The number of carbonyl (C=O) groups excluding carboxylic acids is 3. The molecule has 8 heteroatoms. The number of carbonyl (C=O) groups is 3. The van der Waals surface area contributed by atoms with Crippen LogP contribution in [0.25, 0.3) is 0 Å². The van der Waals surface area contributed by atoms with Crippen molar-refractivity contribution in [2.24, 2.45) is 0 Å². The molecule has 0 aliphatic heterocycles. The maximum Gasteiger partial charge on any atom is 0.340 e. The summed E-state index contributed by atoms with van der Waals surface area (Å²) in [7, 11) is 0. The van der Waals surface area contributed by atoms with E-state index < -0.39 is 18.5 Å². The number of para-hydroxylation sites is 1. The van der Waals surface area contributed by atoms with Crippen LogP contribution in [0.3, 0.4) is 0 Å². The highest BCUT2D eigenvalue weighted by Gasteiger charge is 2.14. The molecule has 2 aromatic rings. The van der Waals surface area contributed by atoms with Gasteiger partial charge in [0.1, 0.15) is 0 Å². The Morgan fingerprint density at radius 2 is 1.70 bits per heavy atom. The zero-order chi connectivity index (χ0) is 19.6. The molecule has 0 aromatic heterocycles. The molecule has 8 nitrogen and oxygen atoms in total. The molecule has 0 aliphatic carbocycles. The van der Waals surface area contributed by atoms with Gasteiger partial charge in [0.25, 0.3) is 5.91 Å². The van der Waals surface area contributed by atoms with E-state index in [2.05, 4.69) is 16.0 Å². The molecule has 0 saturated carbocycles. The van der Waals surface area contributed by atoms with Crippen molar-refractivity contribution in [3.63, 3.8) is 0 Å². The van der Waals surface area contributed by atoms with Crippen molar-refractivity contribution in [3.8, 4) is 0 Å². The molecule has 4 N–H and O–H groups in total. The number of nitrogens with one attached hydrogen (secondary N) is 3. The summed E-state index contributed by atoms with van der Waals surface area (Å²) in [5.41, 5.74) is 1.79. The Morgan fingerprint density at radius 1 is 1.00 bits per heavy atom. The van der Waals surface area contributed by atoms with Crippen LogP contribution >= 0.6 is 0 Å². The fourth-order valence-electron chi connectivity index (χ4n) is 2.29. The minimum Gasteiger partial charge on any atom is -0.452 e. The summed E-state index contributed by atoms with van der Waals surface area (Å²) in [6.45, 7) is 1.13. The number of benzene rings is 2. The molecular formula is C19H21N3O5. The van der Waals surface area contributed by atoms with Crippen LogP contribution in [-0.2, 0) is 14.3 Å². The molecule has 2 amide bonds. The average molecular weight is 371 g/mol. The highest BCUT2D eigenvalue weighted by atomic mass is 16.5. The number of rotatable bonds is 8. The lowest BCUT2D eigenvalue weighted by Gasteiger charge is -2.11. The first kappa shape index (κ1) is 19.9. The van der Waals surface area contributed by atoms with Crippen LogP contribution in [0.4, 0.5) is 17.1 Å². The molecule has 0 spiro atoms. The van der Waals surface area contributed by atoms with Crippen LogP contribution in [0.2, 0.25) is 0 Å². The Kier molecular flexibility index (Phi) is 7.33. The fourth-order valence-corrected chi connectivity index (χ4v) is 2.29. The van der Waals surface area contributed by atoms with E-state index in [-0.39, 0.29) is 24.6 Å². The van der Waals surface area contributed by atoms with Crippen LogP contribution in [0.15, 0.2) is 48.5 Å². The molecule has 2 rings (SSSR count). The van der Waals surface area contributed by atoms with Crippen LogP contribution < -0.4 is 16.0 Å². The molecular weight excluding hydrogens is 350 g/mol. The Bertz CT molecular complexity index is 822. The summed E-state index contributed by atoms with van der Waals surface area (Å²) in [5, 5.41) is 17.0. The Hall–Kier alpha value is -3.39. The third-order valence-electron chi connectivity index (χ3n) is 3.38. The first-order valence-corrected chi connectivity index (χ1v) is 8.28. The molecule has 2 aromatic carbocycles. The Balaban J connectivity index is 1.92. The minimum atomic E-state index is -0.654. The van der Waals surface area contributed by atoms with Gasteiger partial charge in [0.05, 0.1) is 12.2 Å². The third-order valence-corrected chi connectivity index (χ3v) is 3.38. The van der Waals surface area contributed by atoms with E-state index in [0.717, 1.165) is 0 Å². The van der Waals surface area contributed by atoms with Crippen molar-refractivity contribution < 1.29 is 24.2 Å². The highest BCUT2D eigenvalue weighted by Crippen LogP contribution is 2.17. The van der Waals surface area contributed by atoms with Gasteiger partial charge >= 0.3 is 5.97 Å². The van der Waals surface area contributed by atoms with Crippen LogP contribution in [0.5, 0.6) is 0 Å². The summed E-state index contributed by atoms with van der Waals surface area (Å²) in [5.74, 6) is -1.39. The molecule has 0 unspecified atom stereocenters. The average Bonchev–Trinajstić information content (AvgIpc) is 2.64. The molecule has 0 bridgehead atoms. The number of aliphatic hydroxyl groups is 1. The monoisotopic (exact) mass is 371 g/mol. The molecule has 0 aliphatic rings. The lowest BCUT2D eigenvalue weighted by atomic mass is 10.2. The van der Waals surface area contributed by atoms with Gasteiger partial charge in [-0.25, -0.2) is 4.79 Å². The molecule has 0 fully saturated rings. The van der Waals surface area contributed by atoms with Crippen LogP contribution in [-0.4, -0.2) is 42.6 Å². The smallest absolute Gasteiger partial charge is 0.340 e. The maximum absolute atomic E-state index is 12.2. The van der Waals surface area contributed by atoms with Crippen LogP contribution in [0.1, 0.15) is 17.3 Å². The van der Waals surface area contributed by atoms with Gasteiger partial charge in [-0.1, -0.05) is 18.2 Å². The van der Waals surface area contributed by atoms with E-state index >= 15 is 0 Å². The molecule has 0 atom stereocenters. The summed E-state index contributed by atoms with van der Waals surface area (Å²) in [6, 6.07) is 13.3. The highest BCUT2D eigenvalue weighted by molar-refractivity contribution is 5.99. The molecule has 0 heterocycles. The van der Waals surface area contributed by atoms with E-state index in [1.165, 1.54) is 6.92 Å². The lowest BCUT2D eigenvalue weighted by Crippen LogP contribution is -2.21. The summed E-state index contributed by atoms with van der Waals surface area (Å²) in [6.07, 6.45) is 0. The van der Waals surface area contributed by atoms with Gasteiger partial charge < -0.3 is 25.8 Å². The first-order chi connectivity index (χ1) is 13.0. The van der Waals surface area contributed by atoms with Crippen molar-refractivity contribution in [2.75, 3.05) is 35.7 Å². The lowest BCUT2D eigenvalue weighted by molar-refractivity contribution is -0.119. The number of esters is 1. The van der Waals surface area contributed by atoms with Crippen molar-refractivity contribution in [2.45, 2.75) is 6.92 Å². The molecule has 0 radical (unpaired) electrons. The molecule has 27 heavy (non-hydrogen) atoms. The largest absolute Gasteiger partial charge is 0.452 e. The van der Waals surface area contributed by atoms with Crippen molar-refractivity contribution >= 4 is 34.8 Å². The van der Waals surface area contributed by atoms with E-state index in [0.29, 0.717) is 17.1 Å². The predicted molar refractivity (Wildman–Crippen MR) is 102 cm³/mol. The van der Waals surface area contributed by atoms with Crippen LogP contribution in [0, 0.1) is 0 Å². The van der Waals surface area contributed by atoms with Gasteiger partial charge in [0.2, 0.25) is 5.91 Å². The number of anilines is 3. The summed E-state index contributed by atoms with van der Waals surface area (Å²) in [4.78, 5) is 35.3. The Morgan fingerprint density at radius 3 is 2.41 bits per heavy atom. The van der Waals surface area contributed by atoms with Gasteiger partial charge in [0, 0.05) is 30.5 Å². The molecule has 0 saturated heterocycles. The topological polar surface area (TPSA) is 117 Å². The van der Waals surface area contributed by atoms with Gasteiger partial charge in [-0.15, -0.1) is 0 Å². The standard InChI is InChI=1S/C19H21N3O5/c1-13(24)21-14-5-4-6-15(11-14)22-18(25)12-27-19(26)16-7-2-3-8-17(16)20-9-10-23/h2-8,11,20,23H,9-10,12H2,1H3,(H,21,24)(H,22,25). The number of aliphatic hydroxyl groups excluding tert-OH is 1. The predicted octanol–water partition coefficient (Wildman–Crippen LogP) is 1.84. The fraction of sp³-hybridized carbons (Fsp3) is 0.211. The van der Waals surface area contributed by atoms with Gasteiger partial charge in [-0.05, 0) is 30.3 Å². The van der Waals surface area contributed by atoms with E-state index in [4.69, 9.17) is 9.84 Å². The van der Waals surface area contributed by atoms with Crippen molar-refractivity contribution in [3.05, 3.63) is 54.1 Å². The third kappa shape index (κ3) is 6.44. The summed E-state index contributed by atoms with van der Waals surface area (Å²) >= 11 is 0. The zero-order valence-electron chi connectivity index (χ0n) is 14.8. The van der Waals surface area contributed by atoms with Gasteiger partial charge in [0.15, 0.2) is 6.61 Å².